The van der Waals surface area contributed by atoms with E-state index in [1.807, 2.05) is 0 Å². The molecule has 0 unspecified atom stereocenters. The Hall–Kier alpha value is -3.89. The maximum Gasteiger partial charge on any atom is 0.416 e. The van der Waals surface area contributed by atoms with Gasteiger partial charge in [0.1, 0.15) is 22.5 Å². The summed E-state index contributed by atoms with van der Waals surface area (Å²) < 4.78 is 48.8. The minimum atomic E-state index is -4.58. The third-order valence-corrected chi connectivity index (χ3v) is 7.33. The molecule has 3 aliphatic rings. The van der Waals surface area contributed by atoms with E-state index in [-0.39, 0.29) is 48.0 Å². The van der Waals surface area contributed by atoms with Gasteiger partial charge in [0.2, 0.25) is 0 Å². The predicted octanol–water partition coefficient (Wildman–Crippen LogP) is 2.49. The zero-order valence-electron chi connectivity index (χ0n) is 18.7. The third-order valence-electron chi connectivity index (χ3n) is 7.33. The van der Waals surface area contributed by atoms with Gasteiger partial charge in [-0.05, 0) is 44.2 Å². The van der Waals surface area contributed by atoms with Crippen molar-refractivity contribution in [1.82, 2.24) is 19.0 Å². The van der Waals surface area contributed by atoms with E-state index in [4.69, 9.17) is 4.74 Å². The number of pyridine rings is 1. The van der Waals surface area contributed by atoms with Crippen molar-refractivity contribution in [2.75, 3.05) is 13.1 Å². The van der Waals surface area contributed by atoms with Gasteiger partial charge in [0.15, 0.2) is 11.4 Å². The molecule has 35 heavy (non-hydrogen) atoms. The number of ether oxygens (including phenoxy) is 1. The Kier molecular flexibility index (Phi) is 4.09. The number of hydrogen-bond acceptors (Lipinski definition) is 5. The van der Waals surface area contributed by atoms with Gasteiger partial charge in [-0.25, -0.2) is 4.98 Å². The molecule has 0 N–H and O–H groups in total. The summed E-state index contributed by atoms with van der Waals surface area (Å²) in [7, 11) is 0. The molecule has 2 atom stereocenters. The molecule has 3 aromatic rings. The first-order valence-electron chi connectivity index (χ1n) is 11.0. The first-order valence-corrected chi connectivity index (χ1v) is 11.0. The Balaban J connectivity index is 1.35. The first kappa shape index (κ1) is 21.6. The van der Waals surface area contributed by atoms with E-state index in [1.165, 1.54) is 40.9 Å². The van der Waals surface area contributed by atoms with Crippen molar-refractivity contribution in [2.45, 2.75) is 37.6 Å². The molecule has 0 bridgehead atoms. The van der Waals surface area contributed by atoms with Gasteiger partial charge in [-0.2, -0.15) is 13.2 Å². The maximum absolute atomic E-state index is 13.4. The van der Waals surface area contributed by atoms with Gasteiger partial charge in [0.25, 0.3) is 11.5 Å². The summed E-state index contributed by atoms with van der Waals surface area (Å²) >= 11 is 0. The third kappa shape index (κ3) is 2.74. The number of ketones is 1. The molecule has 1 fully saturated rings. The standard InChI is InChI=1S/C24H19F3N4O4/c1-13-10-30(12-28-13)16-4-5-17-19(32)29(7-8-31(17)20(16)33)11-23-15-9-14(24(25,26)27)3-6-18(15)35-22(23,2)21(23)34/h3-6,9-10,12H,7-8,11H2,1-2H3/t22-,23+/m1/s1. The lowest BCUT2D eigenvalue weighted by Crippen LogP contribution is -2.48. The topological polar surface area (TPSA) is 86.4 Å². The van der Waals surface area contributed by atoms with Crippen molar-refractivity contribution in [1.29, 1.82) is 0 Å². The molecule has 1 aliphatic carbocycles. The fraction of sp³-hybridized carbons (Fsp3) is 0.333. The Bertz CT molecular complexity index is 1510. The molecule has 8 nitrogen and oxygen atoms in total. The van der Waals surface area contributed by atoms with Crippen LogP contribution in [0, 0.1) is 6.92 Å². The number of aryl methyl sites for hydroxylation is 1. The second kappa shape index (κ2) is 6.61. The maximum atomic E-state index is 13.4. The first-order chi connectivity index (χ1) is 16.5. The van der Waals surface area contributed by atoms with Gasteiger partial charge < -0.3 is 18.8 Å². The van der Waals surface area contributed by atoms with E-state index in [2.05, 4.69) is 4.98 Å². The van der Waals surface area contributed by atoms with Crippen molar-refractivity contribution >= 4 is 11.7 Å². The molecule has 1 saturated carbocycles. The van der Waals surface area contributed by atoms with Gasteiger partial charge >= 0.3 is 6.18 Å². The van der Waals surface area contributed by atoms with Gasteiger partial charge in [-0.1, -0.05) is 0 Å². The Morgan fingerprint density at radius 1 is 1.11 bits per heavy atom. The highest BCUT2D eigenvalue weighted by Gasteiger charge is 2.82. The summed E-state index contributed by atoms with van der Waals surface area (Å²) in [4.78, 5) is 44.9. The molecule has 0 radical (unpaired) electrons. The SMILES string of the molecule is Cc1cn(-c2ccc3n(c2=O)CCN(C[C@]24C(=O)[C@@]2(C)Oc2ccc(C(F)(F)F)cc24)C3=O)cn1. The number of Topliss-reactive ketones (excluding diaryl/α,β-unsaturated/α-hetero) is 1. The summed E-state index contributed by atoms with van der Waals surface area (Å²) in [5.41, 5.74) is -2.58. The van der Waals surface area contributed by atoms with E-state index in [9.17, 15) is 27.6 Å². The number of alkyl halides is 3. The Morgan fingerprint density at radius 3 is 2.57 bits per heavy atom. The molecular weight excluding hydrogens is 465 g/mol. The fourth-order valence-corrected chi connectivity index (χ4v) is 5.35. The predicted molar refractivity (Wildman–Crippen MR) is 116 cm³/mol. The minimum Gasteiger partial charge on any atom is -0.478 e. The molecule has 2 aliphatic heterocycles. The normalized spacial score (nSPS) is 24.7. The summed E-state index contributed by atoms with van der Waals surface area (Å²) in [5, 5.41) is 0. The van der Waals surface area contributed by atoms with Crippen LogP contribution in [-0.2, 0) is 22.9 Å². The number of aromatic nitrogens is 3. The number of benzene rings is 1. The van der Waals surface area contributed by atoms with Gasteiger partial charge in [-0.15, -0.1) is 0 Å². The number of carbonyl (C=O) groups excluding carboxylic acids is 2. The molecule has 11 heteroatoms. The van der Waals surface area contributed by atoms with Crippen molar-refractivity contribution in [3.63, 3.8) is 0 Å². The van der Waals surface area contributed by atoms with Crippen LogP contribution < -0.4 is 10.3 Å². The summed E-state index contributed by atoms with van der Waals surface area (Å²) in [6.07, 6.45) is -1.37. The second-order valence-corrected chi connectivity index (χ2v) is 9.29. The van der Waals surface area contributed by atoms with Crippen LogP contribution in [0.4, 0.5) is 13.2 Å². The summed E-state index contributed by atoms with van der Waals surface area (Å²) in [5.74, 6) is -0.626. The number of amides is 1. The van der Waals surface area contributed by atoms with Crippen molar-refractivity contribution in [3.05, 3.63) is 75.7 Å². The van der Waals surface area contributed by atoms with Gasteiger partial charge in [-0.3, -0.25) is 14.4 Å². The molecule has 6 rings (SSSR count). The van der Waals surface area contributed by atoms with Crippen molar-refractivity contribution in [3.8, 4) is 11.4 Å². The molecule has 2 aromatic heterocycles. The fourth-order valence-electron chi connectivity index (χ4n) is 5.35. The van der Waals surface area contributed by atoms with Gasteiger partial charge in [0, 0.05) is 31.4 Å². The highest BCUT2D eigenvalue weighted by Crippen LogP contribution is 2.64. The highest BCUT2D eigenvalue weighted by molar-refractivity contribution is 6.19. The molecule has 0 spiro atoms. The Morgan fingerprint density at radius 2 is 1.89 bits per heavy atom. The van der Waals surface area contributed by atoms with Crippen LogP contribution in [0.3, 0.4) is 0 Å². The van der Waals surface area contributed by atoms with Crippen LogP contribution in [0.5, 0.6) is 5.75 Å². The van der Waals surface area contributed by atoms with E-state index < -0.39 is 28.7 Å². The van der Waals surface area contributed by atoms with E-state index in [0.29, 0.717) is 5.69 Å². The van der Waals surface area contributed by atoms with Crippen LogP contribution in [0.2, 0.25) is 0 Å². The zero-order chi connectivity index (χ0) is 24.9. The zero-order valence-corrected chi connectivity index (χ0v) is 18.7. The number of hydrogen-bond donors (Lipinski definition) is 0. The van der Waals surface area contributed by atoms with Gasteiger partial charge in [0.05, 0.1) is 17.6 Å². The molecule has 180 valence electrons. The summed E-state index contributed by atoms with van der Waals surface area (Å²) in [6.45, 7) is 3.50. The van der Waals surface area contributed by atoms with Crippen LogP contribution in [0.15, 0.2) is 47.7 Å². The number of carbonyl (C=O) groups is 2. The summed E-state index contributed by atoms with van der Waals surface area (Å²) in [6, 6.07) is 6.14. The van der Waals surface area contributed by atoms with Crippen LogP contribution in [0.25, 0.3) is 5.69 Å². The number of nitrogens with zero attached hydrogens (tertiary/aromatic N) is 4. The Labute approximate surface area is 196 Å². The smallest absolute Gasteiger partial charge is 0.416 e. The second-order valence-electron chi connectivity index (χ2n) is 9.29. The molecule has 1 amide bonds. The van der Waals surface area contributed by atoms with E-state index >= 15 is 0 Å². The lowest BCUT2D eigenvalue weighted by molar-refractivity contribution is -0.137. The highest BCUT2D eigenvalue weighted by atomic mass is 19.4. The monoisotopic (exact) mass is 484 g/mol. The van der Waals surface area contributed by atoms with Crippen LogP contribution in [-0.4, -0.2) is 49.4 Å². The van der Waals surface area contributed by atoms with E-state index in [1.54, 1.807) is 17.7 Å². The quantitative estimate of drug-likeness (QED) is 0.570. The number of fused-ring (bicyclic) bond motifs is 4. The molecule has 0 saturated heterocycles. The van der Waals surface area contributed by atoms with Crippen molar-refractivity contribution < 1.29 is 27.5 Å². The van der Waals surface area contributed by atoms with Crippen LogP contribution >= 0.6 is 0 Å². The average molecular weight is 484 g/mol. The number of halogens is 3. The average Bonchev–Trinajstić information content (AvgIpc) is 3.11. The largest absolute Gasteiger partial charge is 0.478 e. The lowest BCUT2D eigenvalue weighted by Gasteiger charge is -2.32. The molecular formula is C24H19F3N4O4. The lowest BCUT2D eigenvalue weighted by atomic mass is 9.90. The number of imidazole rings is 1. The van der Waals surface area contributed by atoms with Crippen molar-refractivity contribution in [2.24, 2.45) is 0 Å². The van der Waals surface area contributed by atoms with Crippen LogP contribution in [0.1, 0.15) is 34.2 Å². The van der Waals surface area contributed by atoms with E-state index in [0.717, 1.165) is 17.8 Å². The molecule has 4 heterocycles. The molecule has 1 aromatic carbocycles. The minimum absolute atomic E-state index is 0.123. The number of rotatable bonds is 3.